The van der Waals surface area contributed by atoms with Crippen LogP contribution in [0.4, 0.5) is 5.95 Å². The Kier molecular flexibility index (Phi) is 2.81. The van der Waals surface area contributed by atoms with E-state index in [1.165, 1.54) is 6.20 Å². The molecule has 2 aromatic heterocycles. The Morgan fingerprint density at radius 1 is 1.22 bits per heavy atom. The lowest BCUT2D eigenvalue weighted by Crippen LogP contribution is -2.44. The fraction of sp³-hybridized carbons (Fsp3) is 0.364. The Morgan fingerprint density at radius 3 is 2.83 bits per heavy atom. The normalized spacial score (nSPS) is 15.9. The molecule has 3 rings (SSSR count). The van der Waals surface area contributed by atoms with Gasteiger partial charge in [0.05, 0.1) is 6.20 Å². The molecule has 0 atom stereocenters. The molecule has 94 valence electrons. The number of aromatic amines is 1. The highest BCUT2D eigenvalue weighted by atomic mass is 16.3. The van der Waals surface area contributed by atoms with Gasteiger partial charge in [0.1, 0.15) is 5.75 Å². The Morgan fingerprint density at radius 2 is 2.06 bits per heavy atom. The summed E-state index contributed by atoms with van der Waals surface area (Å²) in [5.74, 6) is 1.43. The number of aromatic nitrogens is 4. The third-order valence-electron chi connectivity index (χ3n) is 2.87. The van der Waals surface area contributed by atoms with Gasteiger partial charge in [0.2, 0.25) is 5.95 Å². The third-order valence-corrected chi connectivity index (χ3v) is 2.87. The highest BCUT2D eigenvalue weighted by Crippen LogP contribution is 2.20. The van der Waals surface area contributed by atoms with Gasteiger partial charge in [-0.25, -0.2) is 0 Å². The summed E-state index contributed by atoms with van der Waals surface area (Å²) in [6.45, 7) is 3.68. The molecule has 7 heteroatoms. The molecule has 0 bridgehead atoms. The number of anilines is 1. The van der Waals surface area contributed by atoms with E-state index in [1.54, 1.807) is 12.3 Å². The maximum absolute atomic E-state index is 9.39. The van der Waals surface area contributed by atoms with Crippen LogP contribution in [0.15, 0.2) is 18.5 Å². The van der Waals surface area contributed by atoms with Gasteiger partial charge in [-0.3, -0.25) is 10.1 Å². The topological polar surface area (TPSA) is 90.0 Å². The Bertz CT molecular complexity index is 534. The van der Waals surface area contributed by atoms with E-state index in [0.717, 1.165) is 31.7 Å². The number of aromatic hydroxyl groups is 1. The molecule has 7 nitrogen and oxygen atoms in total. The van der Waals surface area contributed by atoms with E-state index in [2.05, 4.69) is 30.4 Å². The second kappa shape index (κ2) is 4.61. The molecule has 3 heterocycles. The number of nitrogens with one attached hydrogen (secondary N) is 2. The Balaban J connectivity index is 1.84. The van der Waals surface area contributed by atoms with Gasteiger partial charge in [-0.05, 0) is 6.07 Å². The van der Waals surface area contributed by atoms with Crippen LogP contribution >= 0.6 is 0 Å². The third kappa shape index (κ3) is 2.12. The molecule has 3 N–H and O–H groups in total. The van der Waals surface area contributed by atoms with Crippen molar-refractivity contribution in [1.82, 2.24) is 25.5 Å². The SMILES string of the molecule is Oc1cncc(-c2nc(N3CCNCC3)n[nH]2)c1. The van der Waals surface area contributed by atoms with Crippen molar-refractivity contribution in [2.45, 2.75) is 0 Å². The lowest BCUT2D eigenvalue weighted by molar-refractivity contribution is 0.473. The summed E-state index contributed by atoms with van der Waals surface area (Å²) in [5.41, 5.74) is 0.726. The summed E-state index contributed by atoms with van der Waals surface area (Å²) in [6, 6.07) is 1.61. The average Bonchev–Trinajstić information content (AvgIpc) is 2.89. The van der Waals surface area contributed by atoms with Crippen LogP contribution in [0.3, 0.4) is 0 Å². The van der Waals surface area contributed by atoms with Crippen molar-refractivity contribution in [3.05, 3.63) is 18.5 Å². The van der Waals surface area contributed by atoms with Gasteiger partial charge in [-0.2, -0.15) is 4.98 Å². The van der Waals surface area contributed by atoms with Crippen molar-refractivity contribution in [2.24, 2.45) is 0 Å². The van der Waals surface area contributed by atoms with Crippen LogP contribution in [0.2, 0.25) is 0 Å². The fourth-order valence-electron chi connectivity index (χ4n) is 1.95. The number of piperazine rings is 1. The molecule has 0 saturated carbocycles. The van der Waals surface area contributed by atoms with Crippen LogP contribution in [0.1, 0.15) is 0 Å². The smallest absolute Gasteiger partial charge is 0.245 e. The largest absolute Gasteiger partial charge is 0.506 e. The molecule has 18 heavy (non-hydrogen) atoms. The van der Waals surface area contributed by atoms with Gasteiger partial charge in [-0.15, -0.1) is 5.10 Å². The molecule has 0 radical (unpaired) electrons. The Labute approximate surface area is 104 Å². The summed E-state index contributed by atoms with van der Waals surface area (Å²) in [5, 5.41) is 19.7. The molecular formula is C11H14N6O. The quantitative estimate of drug-likeness (QED) is 0.690. The van der Waals surface area contributed by atoms with Crippen LogP contribution in [0.25, 0.3) is 11.4 Å². The predicted octanol–water partition coefficient (Wildman–Crippen LogP) is -0.0181. The van der Waals surface area contributed by atoms with Crippen LogP contribution < -0.4 is 10.2 Å². The zero-order chi connectivity index (χ0) is 12.4. The first kappa shape index (κ1) is 11.0. The molecule has 1 saturated heterocycles. The van der Waals surface area contributed by atoms with Crippen LogP contribution in [-0.4, -0.2) is 51.5 Å². The fourth-order valence-corrected chi connectivity index (χ4v) is 1.95. The zero-order valence-corrected chi connectivity index (χ0v) is 9.80. The highest BCUT2D eigenvalue weighted by Gasteiger charge is 2.15. The van der Waals surface area contributed by atoms with E-state index in [-0.39, 0.29) is 5.75 Å². The van der Waals surface area contributed by atoms with E-state index in [0.29, 0.717) is 11.8 Å². The van der Waals surface area contributed by atoms with E-state index in [1.807, 2.05) is 0 Å². The minimum absolute atomic E-state index is 0.118. The van der Waals surface area contributed by atoms with E-state index < -0.39 is 0 Å². The zero-order valence-electron chi connectivity index (χ0n) is 9.80. The maximum Gasteiger partial charge on any atom is 0.245 e. The number of nitrogens with zero attached hydrogens (tertiary/aromatic N) is 4. The molecular weight excluding hydrogens is 232 g/mol. The standard InChI is InChI=1S/C11H14N6O/c18-9-5-8(6-13-7-9)10-14-11(16-15-10)17-3-1-12-2-4-17/h5-7,12,18H,1-4H2,(H,14,15,16). The van der Waals surface area contributed by atoms with Crippen LogP contribution in [0.5, 0.6) is 5.75 Å². The van der Waals surface area contributed by atoms with Crippen molar-refractivity contribution in [3.63, 3.8) is 0 Å². The first-order chi connectivity index (χ1) is 8.83. The van der Waals surface area contributed by atoms with Gasteiger partial charge in [-0.1, -0.05) is 0 Å². The van der Waals surface area contributed by atoms with Gasteiger partial charge in [0, 0.05) is 37.9 Å². The van der Waals surface area contributed by atoms with E-state index in [4.69, 9.17) is 0 Å². The van der Waals surface area contributed by atoms with Crippen LogP contribution in [-0.2, 0) is 0 Å². The van der Waals surface area contributed by atoms with Crippen molar-refractivity contribution < 1.29 is 5.11 Å². The van der Waals surface area contributed by atoms with Crippen LogP contribution in [0, 0.1) is 0 Å². The number of hydrogen-bond donors (Lipinski definition) is 3. The number of pyridine rings is 1. The van der Waals surface area contributed by atoms with Gasteiger partial charge >= 0.3 is 0 Å². The first-order valence-corrected chi connectivity index (χ1v) is 5.85. The summed E-state index contributed by atoms with van der Waals surface area (Å²) < 4.78 is 0. The van der Waals surface area contributed by atoms with Crippen molar-refractivity contribution >= 4 is 5.95 Å². The van der Waals surface area contributed by atoms with Crippen molar-refractivity contribution in [1.29, 1.82) is 0 Å². The first-order valence-electron chi connectivity index (χ1n) is 5.85. The molecule has 0 spiro atoms. The molecule has 0 unspecified atom stereocenters. The number of H-pyrrole nitrogens is 1. The van der Waals surface area contributed by atoms with Crippen molar-refractivity contribution in [3.8, 4) is 17.1 Å². The second-order valence-corrected chi connectivity index (χ2v) is 4.15. The lowest BCUT2D eigenvalue weighted by Gasteiger charge is -2.25. The summed E-state index contributed by atoms with van der Waals surface area (Å²) in [4.78, 5) is 10.5. The molecule has 1 aliphatic heterocycles. The van der Waals surface area contributed by atoms with Gasteiger partial charge in [0.15, 0.2) is 5.82 Å². The maximum atomic E-state index is 9.39. The predicted molar refractivity (Wildman–Crippen MR) is 66.4 cm³/mol. The molecule has 0 amide bonds. The highest BCUT2D eigenvalue weighted by molar-refractivity contribution is 5.56. The Hall–Kier alpha value is -2.15. The second-order valence-electron chi connectivity index (χ2n) is 4.15. The number of rotatable bonds is 2. The monoisotopic (exact) mass is 246 g/mol. The average molecular weight is 246 g/mol. The number of hydrogen-bond acceptors (Lipinski definition) is 6. The molecule has 1 fully saturated rings. The minimum Gasteiger partial charge on any atom is -0.506 e. The van der Waals surface area contributed by atoms with E-state index >= 15 is 0 Å². The lowest BCUT2D eigenvalue weighted by atomic mass is 10.2. The molecule has 1 aliphatic rings. The van der Waals surface area contributed by atoms with Crippen molar-refractivity contribution in [2.75, 3.05) is 31.1 Å². The summed E-state index contributed by atoms with van der Waals surface area (Å²) in [7, 11) is 0. The minimum atomic E-state index is 0.118. The molecule has 2 aromatic rings. The van der Waals surface area contributed by atoms with Gasteiger partial charge in [0.25, 0.3) is 0 Å². The molecule has 0 aliphatic carbocycles. The molecule has 0 aromatic carbocycles. The van der Waals surface area contributed by atoms with Gasteiger partial charge < -0.3 is 15.3 Å². The van der Waals surface area contributed by atoms with E-state index in [9.17, 15) is 5.11 Å². The summed E-state index contributed by atoms with van der Waals surface area (Å²) >= 11 is 0. The summed E-state index contributed by atoms with van der Waals surface area (Å²) in [6.07, 6.45) is 3.03.